The minimum Gasteiger partial charge on any atom is -0.378 e. The lowest BCUT2D eigenvalue weighted by molar-refractivity contribution is -0.117. The molecule has 0 N–H and O–H groups in total. The molecule has 0 unspecified atom stereocenters. The number of anilines is 2. The van der Waals surface area contributed by atoms with E-state index in [-0.39, 0.29) is 23.1 Å². The quantitative estimate of drug-likeness (QED) is 0.256. The standard InChI is InChI=1S/C32H34ClN5O3S/c1-19-5-8-25-17-24(11-12-26(25)38(19)21(3)39)23-9-6-22(7-10-23)18-36(4)31(40)28-20(2)27-29(42-28)30(35-32(33)34-27)37-13-15-41-16-14-37/h6-7,9-12,17,19H,5,8,13-16,18H2,1-4H3/t19-/m0/s1. The molecule has 6 rings (SSSR count). The summed E-state index contributed by atoms with van der Waals surface area (Å²) in [5.74, 6) is 0.797. The predicted molar refractivity (Wildman–Crippen MR) is 169 cm³/mol. The van der Waals surface area contributed by atoms with Crippen molar-refractivity contribution in [3.05, 3.63) is 69.3 Å². The largest absolute Gasteiger partial charge is 0.378 e. The van der Waals surface area contributed by atoms with Crippen molar-refractivity contribution in [2.24, 2.45) is 0 Å². The van der Waals surface area contributed by atoms with Crippen LogP contribution in [-0.4, -0.2) is 66.1 Å². The summed E-state index contributed by atoms with van der Waals surface area (Å²) in [6.45, 7) is 8.85. The zero-order valence-electron chi connectivity index (χ0n) is 24.3. The van der Waals surface area contributed by atoms with E-state index in [0.29, 0.717) is 24.6 Å². The van der Waals surface area contributed by atoms with E-state index in [1.54, 1.807) is 11.8 Å². The summed E-state index contributed by atoms with van der Waals surface area (Å²) in [4.78, 5) is 41.3. The number of benzene rings is 2. The number of nitrogens with zero attached hydrogens (tertiary/aromatic N) is 5. The van der Waals surface area contributed by atoms with Gasteiger partial charge in [0.25, 0.3) is 5.91 Å². The topological polar surface area (TPSA) is 78.9 Å². The maximum absolute atomic E-state index is 13.6. The van der Waals surface area contributed by atoms with Crippen LogP contribution in [-0.2, 0) is 22.5 Å². The molecule has 0 saturated carbocycles. The third kappa shape index (κ3) is 5.37. The molecule has 4 aromatic rings. The van der Waals surface area contributed by atoms with E-state index in [0.717, 1.165) is 69.9 Å². The Kier molecular flexibility index (Phi) is 7.91. The highest BCUT2D eigenvalue weighted by Gasteiger charge is 2.27. The fraction of sp³-hybridized carbons (Fsp3) is 0.375. The number of carbonyl (C=O) groups is 2. The number of carbonyl (C=O) groups excluding carboxylic acids is 2. The van der Waals surface area contributed by atoms with Crippen molar-refractivity contribution in [3.8, 4) is 11.1 Å². The van der Waals surface area contributed by atoms with Gasteiger partial charge in [-0.2, -0.15) is 4.98 Å². The van der Waals surface area contributed by atoms with Crippen LogP contribution in [0.2, 0.25) is 5.28 Å². The van der Waals surface area contributed by atoms with Gasteiger partial charge >= 0.3 is 0 Å². The number of aromatic nitrogens is 2. The molecule has 10 heteroatoms. The van der Waals surface area contributed by atoms with Crippen LogP contribution in [0.15, 0.2) is 42.5 Å². The Morgan fingerprint density at radius 3 is 2.52 bits per heavy atom. The van der Waals surface area contributed by atoms with Crippen molar-refractivity contribution in [1.82, 2.24) is 14.9 Å². The first-order chi connectivity index (χ1) is 20.2. The van der Waals surface area contributed by atoms with Gasteiger partial charge in [-0.05, 0) is 78.2 Å². The van der Waals surface area contributed by atoms with Crippen LogP contribution in [0.1, 0.15) is 46.6 Å². The van der Waals surface area contributed by atoms with Gasteiger partial charge in [-0.3, -0.25) is 9.59 Å². The number of thiophene rings is 1. The van der Waals surface area contributed by atoms with Crippen LogP contribution >= 0.6 is 22.9 Å². The molecular formula is C32H34ClN5O3S. The molecule has 0 bridgehead atoms. The maximum Gasteiger partial charge on any atom is 0.264 e. The Hall–Kier alpha value is -3.53. The summed E-state index contributed by atoms with van der Waals surface area (Å²) in [5.41, 5.74) is 7.05. The molecule has 0 radical (unpaired) electrons. The van der Waals surface area contributed by atoms with Crippen molar-refractivity contribution in [3.63, 3.8) is 0 Å². The van der Waals surface area contributed by atoms with Crippen molar-refractivity contribution >= 4 is 56.5 Å². The van der Waals surface area contributed by atoms with Crippen LogP contribution < -0.4 is 9.80 Å². The highest BCUT2D eigenvalue weighted by molar-refractivity contribution is 7.21. The van der Waals surface area contributed by atoms with Crippen molar-refractivity contribution in [1.29, 1.82) is 0 Å². The second kappa shape index (κ2) is 11.6. The molecule has 2 aliphatic heterocycles. The number of amides is 2. The van der Waals surface area contributed by atoms with Gasteiger partial charge in [0.1, 0.15) is 0 Å². The Labute approximate surface area is 254 Å². The minimum absolute atomic E-state index is 0.0532. The summed E-state index contributed by atoms with van der Waals surface area (Å²) in [7, 11) is 1.83. The average molecular weight is 604 g/mol. The lowest BCUT2D eigenvalue weighted by atomic mass is 9.93. The average Bonchev–Trinajstić information content (AvgIpc) is 3.32. The Bertz CT molecular complexity index is 1670. The molecule has 2 aliphatic rings. The summed E-state index contributed by atoms with van der Waals surface area (Å²) in [5, 5.41) is 0.182. The van der Waals surface area contributed by atoms with Gasteiger partial charge in [0.15, 0.2) is 5.82 Å². The zero-order valence-corrected chi connectivity index (χ0v) is 25.9. The predicted octanol–water partition coefficient (Wildman–Crippen LogP) is 6.12. The van der Waals surface area contributed by atoms with E-state index in [4.69, 9.17) is 16.3 Å². The number of fused-ring (bicyclic) bond motifs is 2. The maximum atomic E-state index is 13.6. The number of aryl methyl sites for hydroxylation is 2. The van der Waals surface area contributed by atoms with Crippen LogP contribution in [0, 0.1) is 6.92 Å². The van der Waals surface area contributed by atoms with Gasteiger partial charge in [-0.15, -0.1) is 11.3 Å². The SMILES string of the molecule is CC(=O)N1c2ccc(-c3ccc(CN(C)C(=O)c4sc5c(N6CCOCC6)nc(Cl)nc5c4C)cc3)cc2CC[C@@H]1C. The number of hydrogen-bond donors (Lipinski definition) is 0. The van der Waals surface area contributed by atoms with Crippen molar-refractivity contribution in [2.45, 2.75) is 46.2 Å². The molecule has 2 amide bonds. The van der Waals surface area contributed by atoms with Crippen LogP contribution in [0.5, 0.6) is 0 Å². The summed E-state index contributed by atoms with van der Waals surface area (Å²) < 4.78 is 6.38. The lowest BCUT2D eigenvalue weighted by Gasteiger charge is -2.34. The molecule has 1 fully saturated rings. The monoisotopic (exact) mass is 603 g/mol. The highest BCUT2D eigenvalue weighted by Crippen LogP contribution is 2.38. The summed E-state index contributed by atoms with van der Waals surface area (Å²) >= 11 is 7.73. The normalized spacial score (nSPS) is 16.9. The minimum atomic E-state index is -0.0532. The Morgan fingerprint density at radius 2 is 1.81 bits per heavy atom. The third-order valence-electron chi connectivity index (χ3n) is 8.23. The van der Waals surface area contributed by atoms with E-state index in [2.05, 4.69) is 64.3 Å². The molecule has 2 aromatic heterocycles. The molecule has 4 heterocycles. The molecule has 218 valence electrons. The van der Waals surface area contributed by atoms with E-state index in [1.807, 2.05) is 18.9 Å². The summed E-state index contributed by atoms with van der Waals surface area (Å²) in [6.07, 6.45) is 1.92. The lowest BCUT2D eigenvalue weighted by Crippen LogP contribution is -2.40. The Balaban J connectivity index is 1.20. The van der Waals surface area contributed by atoms with Gasteiger partial charge in [0, 0.05) is 45.3 Å². The van der Waals surface area contributed by atoms with E-state index in [1.165, 1.54) is 16.9 Å². The number of rotatable bonds is 5. The fourth-order valence-corrected chi connectivity index (χ4v) is 7.40. The van der Waals surface area contributed by atoms with Gasteiger partial charge in [0.05, 0.1) is 28.3 Å². The molecule has 1 saturated heterocycles. The number of halogens is 1. The first kappa shape index (κ1) is 28.6. The van der Waals surface area contributed by atoms with Crippen molar-refractivity contribution < 1.29 is 14.3 Å². The van der Waals surface area contributed by atoms with E-state index < -0.39 is 0 Å². The van der Waals surface area contributed by atoms with Crippen LogP contribution in [0.25, 0.3) is 21.3 Å². The molecule has 0 spiro atoms. The van der Waals surface area contributed by atoms with Gasteiger partial charge in [-0.25, -0.2) is 4.98 Å². The van der Waals surface area contributed by atoms with Gasteiger partial charge in [0.2, 0.25) is 11.2 Å². The molecule has 1 atom stereocenters. The Morgan fingerprint density at radius 1 is 1.10 bits per heavy atom. The number of ether oxygens (including phenoxy) is 1. The molecule has 42 heavy (non-hydrogen) atoms. The van der Waals surface area contributed by atoms with Crippen molar-refractivity contribution in [2.75, 3.05) is 43.2 Å². The second-order valence-electron chi connectivity index (χ2n) is 11.1. The first-order valence-electron chi connectivity index (χ1n) is 14.3. The zero-order chi connectivity index (χ0) is 29.5. The molecular weight excluding hydrogens is 570 g/mol. The van der Waals surface area contributed by atoms with E-state index in [9.17, 15) is 9.59 Å². The third-order valence-corrected chi connectivity index (χ3v) is 9.66. The highest BCUT2D eigenvalue weighted by atomic mass is 35.5. The number of morpholine rings is 1. The number of hydrogen-bond acceptors (Lipinski definition) is 7. The second-order valence-corrected chi connectivity index (χ2v) is 12.5. The summed E-state index contributed by atoms with van der Waals surface area (Å²) in [6, 6.07) is 14.9. The fourth-order valence-electron chi connectivity index (χ4n) is 5.97. The van der Waals surface area contributed by atoms with Gasteiger partial charge < -0.3 is 19.4 Å². The van der Waals surface area contributed by atoms with Crippen LogP contribution in [0.4, 0.5) is 11.5 Å². The molecule has 2 aromatic carbocycles. The van der Waals surface area contributed by atoms with Crippen LogP contribution in [0.3, 0.4) is 0 Å². The smallest absolute Gasteiger partial charge is 0.264 e. The molecule has 0 aliphatic carbocycles. The van der Waals surface area contributed by atoms with Gasteiger partial charge in [-0.1, -0.05) is 30.3 Å². The molecule has 8 nitrogen and oxygen atoms in total. The van der Waals surface area contributed by atoms with E-state index >= 15 is 0 Å². The first-order valence-corrected chi connectivity index (χ1v) is 15.5.